The number of hydrogen-bond acceptors (Lipinski definition) is 3. The zero-order valence-corrected chi connectivity index (χ0v) is 9.99. The molecule has 0 spiro atoms. The first kappa shape index (κ1) is 12.3. The van der Waals surface area contributed by atoms with Crippen molar-refractivity contribution in [1.29, 1.82) is 0 Å². The molecule has 2 amide bonds. The summed E-state index contributed by atoms with van der Waals surface area (Å²) in [4.78, 5) is 23.3. The van der Waals surface area contributed by atoms with Crippen LogP contribution in [0, 0.1) is 0 Å². The number of carbonyl (C=O) groups excluding carboxylic acids is 2. The quantitative estimate of drug-likeness (QED) is 0.689. The predicted molar refractivity (Wildman–Crippen MR) is 68.1 cm³/mol. The lowest BCUT2D eigenvalue weighted by Gasteiger charge is -2.05. The van der Waals surface area contributed by atoms with Gasteiger partial charge in [-0.2, -0.15) is 0 Å². The van der Waals surface area contributed by atoms with Gasteiger partial charge in [0.1, 0.15) is 0 Å². The highest BCUT2D eigenvalue weighted by Gasteiger charge is 2.24. The van der Waals surface area contributed by atoms with Gasteiger partial charge in [0.05, 0.1) is 6.61 Å². The Labute approximate surface area is 105 Å². The van der Waals surface area contributed by atoms with Crippen molar-refractivity contribution in [3.63, 3.8) is 0 Å². The number of rotatable bonds is 3. The molecule has 1 aromatic rings. The van der Waals surface area contributed by atoms with Crippen LogP contribution < -0.4 is 10.6 Å². The lowest BCUT2D eigenvalue weighted by Crippen LogP contribution is -2.26. The van der Waals surface area contributed by atoms with Gasteiger partial charge in [0.15, 0.2) is 0 Å². The van der Waals surface area contributed by atoms with E-state index in [1.54, 1.807) is 31.2 Å². The van der Waals surface area contributed by atoms with Crippen LogP contribution >= 0.6 is 0 Å². The summed E-state index contributed by atoms with van der Waals surface area (Å²) < 4.78 is 0. The summed E-state index contributed by atoms with van der Waals surface area (Å²) in [5.74, 6) is -0.415. The lowest BCUT2D eigenvalue weighted by atomic mass is 10.0. The van der Waals surface area contributed by atoms with Crippen LogP contribution in [0.3, 0.4) is 0 Å². The summed E-state index contributed by atoms with van der Waals surface area (Å²) in [7, 11) is 0. The van der Waals surface area contributed by atoms with Gasteiger partial charge in [-0.25, -0.2) is 0 Å². The molecule has 0 aliphatic carbocycles. The lowest BCUT2D eigenvalue weighted by molar-refractivity contribution is -0.110. The van der Waals surface area contributed by atoms with Gasteiger partial charge in [0.25, 0.3) is 11.8 Å². The zero-order chi connectivity index (χ0) is 13.1. The van der Waals surface area contributed by atoms with Crippen molar-refractivity contribution >= 4 is 23.1 Å². The van der Waals surface area contributed by atoms with Gasteiger partial charge < -0.3 is 15.7 Å². The van der Waals surface area contributed by atoms with E-state index in [1.165, 1.54) is 0 Å². The maximum absolute atomic E-state index is 11.7. The van der Waals surface area contributed by atoms with E-state index >= 15 is 0 Å². The molecule has 0 saturated carbocycles. The fraction of sp³-hybridized carbons (Fsp3) is 0.231. The van der Waals surface area contributed by atoms with Crippen molar-refractivity contribution in [2.24, 2.45) is 0 Å². The molecule has 5 nitrogen and oxygen atoms in total. The Hall–Kier alpha value is -2.14. The average molecular weight is 246 g/mol. The molecular formula is C13H14N2O3. The molecular weight excluding hydrogens is 232 g/mol. The summed E-state index contributed by atoms with van der Waals surface area (Å²) in [5.41, 5.74) is 2.49. The molecule has 1 aliphatic heterocycles. The van der Waals surface area contributed by atoms with Crippen LogP contribution in [-0.4, -0.2) is 30.1 Å². The third kappa shape index (κ3) is 2.12. The monoisotopic (exact) mass is 246 g/mol. The average Bonchev–Trinajstić information content (AvgIpc) is 2.70. The van der Waals surface area contributed by atoms with E-state index in [0.717, 1.165) is 5.56 Å². The maximum Gasteiger partial charge on any atom is 0.256 e. The van der Waals surface area contributed by atoms with Crippen LogP contribution in [0.2, 0.25) is 0 Å². The van der Waals surface area contributed by atoms with E-state index in [-0.39, 0.29) is 25.0 Å². The summed E-state index contributed by atoms with van der Waals surface area (Å²) >= 11 is 0. The van der Waals surface area contributed by atoms with Crippen molar-refractivity contribution < 1.29 is 14.7 Å². The topological polar surface area (TPSA) is 78.4 Å². The van der Waals surface area contributed by atoms with Gasteiger partial charge in [-0.3, -0.25) is 9.59 Å². The van der Waals surface area contributed by atoms with Gasteiger partial charge in [0.2, 0.25) is 0 Å². The Kier molecular flexibility index (Phi) is 3.43. The molecule has 2 rings (SSSR count). The Morgan fingerprint density at radius 2 is 2.28 bits per heavy atom. The molecule has 18 heavy (non-hydrogen) atoms. The Morgan fingerprint density at radius 1 is 1.50 bits per heavy atom. The van der Waals surface area contributed by atoms with Crippen molar-refractivity contribution in [2.75, 3.05) is 18.5 Å². The Morgan fingerprint density at radius 3 is 2.94 bits per heavy atom. The van der Waals surface area contributed by atoms with E-state index in [9.17, 15) is 9.59 Å². The first-order valence-electron chi connectivity index (χ1n) is 5.68. The first-order valence-corrected chi connectivity index (χ1v) is 5.68. The van der Waals surface area contributed by atoms with E-state index < -0.39 is 0 Å². The number of fused-ring (bicyclic) bond motifs is 1. The van der Waals surface area contributed by atoms with E-state index in [0.29, 0.717) is 16.8 Å². The van der Waals surface area contributed by atoms with Crippen molar-refractivity contribution in [3.05, 3.63) is 35.4 Å². The van der Waals surface area contributed by atoms with Gasteiger partial charge in [0, 0.05) is 28.9 Å². The third-order valence-corrected chi connectivity index (χ3v) is 2.75. The second-order valence-electron chi connectivity index (χ2n) is 3.90. The maximum atomic E-state index is 11.7. The molecule has 1 aliphatic rings. The number of anilines is 1. The summed E-state index contributed by atoms with van der Waals surface area (Å²) in [6, 6.07) is 5.03. The molecule has 1 heterocycles. The van der Waals surface area contributed by atoms with Crippen LogP contribution in [-0.2, 0) is 4.79 Å². The van der Waals surface area contributed by atoms with E-state index in [4.69, 9.17) is 5.11 Å². The van der Waals surface area contributed by atoms with Gasteiger partial charge in [-0.05, 0) is 25.1 Å². The van der Waals surface area contributed by atoms with Crippen molar-refractivity contribution in [1.82, 2.24) is 5.32 Å². The smallest absolute Gasteiger partial charge is 0.256 e. The Bertz CT molecular complexity index is 535. The van der Waals surface area contributed by atoms with Crippen LogP contribution in [0.1, 0.15) is 22.8 Å². The molecule has 0 atom stereocenters. The summed E-state index contributed by atoms with van der Waals surface area (Å²) in [6.07, 6.45) is 1.72. The third-order valence-electron chi connectivity index (χ3n) is 2.75. The highest BCUT2D eigenvalue weighted by molar-refractivity contribution is 6.31. The molecule has 3 N–H and O–H groups in total. The number of aliphatic hydroxyl groups excluding tert-OH is 1. The molecule has 0 aromatic heterocycles. The molecule has 94 valence electrons. The second kappa shape index (κ2) is 5.01. The minimum Gasteiger partial charge on any atom is -0.395 e. The summed E-state index contributed by atoms with van der Waals surface area (Å²) in [6.45, 7) is 1.89. The van der Waals surface area contributed by atoms with Crippen molar-refractivity contribution in [3.8, 4) is 0 Å². The normalized spacial score (nSPS) is 15.4. The fourth-order valence-corrected chi connectivity index (χ4v) is 1.89. The van der Waals surface area contributed by atoms with Crippen molar-refractivity contribution in [2.45, 2.75) is 6.92 Å². The number of hydrogen-bond donors (Lipinski definition) is 3. The Balaban J connectivity index is 2.31. The number of aliphatic hydroxyl groups is 1. The highest BCUT2D eigenvalue weighted by atomic mass is 16.3. The molecule has 0 fully saturated rings. The minimum atomic E-state index is -0.262. The number of allylic oxidation sites excluding steroid dienone is 1. The molecule has 0 unspecified atom stereocenters. The molecule has 0 saturated heterocycles. The standard InChI is InChI=1S/C13H14N2O3/c1-2-9-10-7-8(12(17)14-5-6-16)3-4-11(10)15-13(9)18/h2-4,7,16H,5-6H2,1H3,(H,14,17)(H,15,18)/b9-2+. The van der Waals surface area contributed by atoms with Gasteiger partial charge in [-0.15, -0.1) is 0 Å². The van der Waals surface area contributed by atoms with Gasteiger partial charge in [-0.1, -0.05) is 6.08 Å². The van der Waals surface area contributed by atoms with E-state index in [2.05, 4.69) is 10.6 Å². The number of amides is 2. The number of carbonyl (C=O) groups is 2. The van der Waals surface area contributed by atoms with Crippen LogP contribution in [0.5, 0.6) is 0 Å². The number of nitrogens with one attached hydrogen (secondary N) is 2. The SMILES string of the molecule is C/C=C1/C(=O)Nc2ccc(C(=O)NCCO)cc21. The first-order chi connectivity index (χ1) is 8.67. The molecule has 5 heteroatoms. The summed E-state index contributed by atoms with van der Waals surface area (Å²) in [5, 5.41) is 14.0. The van der Waals surface area contributed by atoms with E-state index in [1.807, 2.05) is 0 Å². The largest absolute Gasteiger partial charge is 0.395 e. The highest BCUT2D eigenvalue weighted by Crippen LogP contribution is 2.32. The molecule has 0 bridgehead atoms. The molecule has 0 radical (unpaired) electrons. The molecule has 1 aromatic carbocycles. The predicted octanol–water partition coefficient (Wildman–Crippen LogP) is 0.764. The zero-order valence-electron chi connectivity index (χ0n) is 9.99. The minimum absolute atomic E-state index is 0.100. The van der Waals surface area contributed by atoms with Crippen LogP contribution in [0.15, 0.2) is 24.3 Å². The van der Waals surface area contributed by atoms with Gasteiger partial charge >= 0.3 is 0 Å². The fourth-order valence-electron chi connectivity index (χ4n) is 1.89. The van der Waals surface area contributed by atoms with Crippen LogP contribution in [0.4, 0.5) is 5.69 Å². The van der Waals surface area contributed by atoms with Crippen LogP contribution in [0.25, 0.3) is 5.57 Å². The second-order valence-corrected chi connectivity index (χ2v) is 3.90. The number of benzene rings is 1.